The minimum absolute atomic E-state index is 0.543. The zero-order valence-corrected chi connectivity index (χ0v) is 14.6. The molecule has 0 spiro atoms. The smallest absolute Gasteiger partial charge is 0.163 e. The van der Waals surface area contributed by atoms with E-state index in [1.54, 1.807) is 6.20 Å². The Morgan fingerprint density at radius 1 is 0.920 bits per heavy atom. The van der Waals surface area contributed by atoms with E-state index in [1.807, 2.05) is 54.7 Å². The van der Waals surface area contributed by atoms with Gasteiger partial charge in [0.05, 0.1) is 0 Å². The third-order valence-electron chi connectivity index (χ3n) is 3.65. The van der Waals surface area contributed by atoms with Crippen molar-refractivity contribution in [3.63, 3.8) is 0 Å². The predicted octanol–water partition coefficient (Wildman–Crippen LogP) is 4.22. The number of nitrogens with zero attached hydrogens (tertiary/aromatic N) is 3. The molecule has 128 valence electrons. The third-order valence-corrected chi connectivity index (χ3v) is 3.65. The highest BCUT2D eigenvalue weighted by molar-refractivity contribution is 5.61. The van der Waals surface area contributed by atoms with Gasteiger partial charge < -0.3 is 10.6 Å². The van der Waals surface area contributed by atoms with Gasteiger partial charge in [-0.1, -0.05) is 50.2 Å². The summed E-state index contributed by atoms with van der Waals surface area (Å²) in [6, 6.07) is 15.9. The zero-order valence-electron chi connectivity index (χ0n) is 14.6. The van der Waals surface area contributed by atoms with Gasteiger partial charge in [0.25, 0.3) is 0 Å². The van der Waals surface area contributed by atoms with Gasteiger partial charge in [-0.25, -0.2) is 9.97 Å². The Balaban J connectivity index is 1.83. The second kappa shape index (κ2) is 8.24. The standard InChI is InChI=1S/C20H23N5/c1-15(2)12-22-18-11-19(23-14-16-7-6-10-21-13-16)25-20(24-18)17-8-4-3-5-9-17/h3-11,13,15H,12,14H2,1-2H3,(H2,22,23,24,25). The van der Waals surface area contributed by atoms with Crippen LogP contribution in [0, 0.1) is 5.92 Å². The predicted molar refractivity (Wildman–Crippen MR) is 102 cm³/mol. The minimum Gasteiger partial charge on any atom is -0.370 e. The van der Waals surface area contributed by atoms with E-state index in [0.29, 0.717) is 18.3 Å². The fourth-order valence-corrected chi connectivity index (χ4v) is 2.35. The van der Waals surface area contributed by atoms with Crippen molar-refractivity contribution in [1.82, 2.24) is 15.0 Å². The van der Waals surface area contributed by atoms with Crippen LogP contribution in [0.15, 0.2) is 60.9 Å². The lowest BCUT2D eigenvalue weighted by molar-refractivity contribution is 0.687. The Hall–Kier alpha value is -2.95. The summed E-state index contributed by atoms with van der Waals surface area (Å²) in [4.78, 5) is 13.5. The first-order chi connectivity index (χ1) is 12.2. The molecule has 0 atom stereocenters. The molecule has 0 radical (unpaired) electrons. The molecule has 1 aromatic carbocycles. The summed E-state index contributed by atoms with van der Waals surface area (Å²) in [5, 5.41) is 6.76. The van der Waals surface area contributed by atoms with E-state index in [0.717, 1.165) is 29.3 Å². The SMILES string of the molecule is CC(C)CNc1cc(NCc2cccnc2)nc(-c2ccccc2)n1. The molecule has 25 heavy (non-hydrogen) atoms. The Labute approximate surface area is 148 Å². The topological polar surface area (TPSA) is 62.7 Å². The first kappa shape index (κ1) is 16.9. The van der Waals surface area contributed by atoms with Gasteiger partial charge in [-0.3, -0.25) is 4.98 Å². The number of pyridine rings is 1. The monoisotopic (exact) mass is 333 g/mol. The molecule has 3 rings (SSSR count). The molecule has 0 amide bonds. The first-order valence-electron chi connectivity index (χ1n) is 8.52. The number of nitrogens with one attached hydrogen (secondary N) is 2. The number of hydrogen-bond donors (Lipinski definition) is 2. The van der Waals surface area contributed by atoms with Crippen LogP contribution in [0.25, 0.3) is 11.4 Å². The van der Waals surface area contributed by atoms with E-state index >= 15 is 0 Å². The van der Waals surface area contributed by atoms with Crippen LogP contribution in [-0.4, -0.2) is 21.5 Å². The maximum absolute atomic E-state index is 4.66. The van der Waals surface area contributed by atoms with Crippen LogP contribution in [0.1, 0.15) is 19.4 Å². The second-order valence-corrected chi connectivity index (χ2v) is 6.32. The summed E-state index contributed by atoms with van der Waals surface area (Å²) >= 11 is 0. The Morgan fingerprint density at radius 3 is 2.36 bits per heavy atom. The average Bonchev–Trinajstić information content (AvgIpc) is 2.66. The average molecular weight is 333 g/mol. The van der Waals surface area contributed by atoms with E-state index < -0.39 is 0 Å². The van der Waals surface area contributed by atoms with Gasteiger partial charge >= 0.3 is 0 Å². The Kier molecular flexibility index (Phi) is 5.57. The van der Waals surface area contributed by atoms with Crippen LogP contribution in [0.3, 0.4) is 0 Å². The second-order valence-electron chi connectivity index (χ2n) is 6.32. The fraction of sp³-hybridized carbons (Fsp3) is 0.250. The van der Waals surface area contributed by atoms with Crippen molar-refractivity contribution in [3.8, 4) is 11.4 Å². The lowest BCUT2D eigenvalue weighted by atomic mass is 10.2. The van der Waals surface area contributed by atoms with Crippen molar-refractivity contribution in [1.29, 1.82) is 0 Å². The van der Waals surface area contributed by atoms with Crippen molar-refractivity contribution in [2.24, 2.45) is 5.92 Å². The molecule has 2 heterocycles. The highest BCUT2D eigenvalue weighted by Crippen LogP contribution is 2.20. The molecule has 0 aliphatic rings. The largest absolute Gasteiger partial charge is 0.370 e. The molecule has 0 saturated heterocycles. The van der Waals surface area contributed by atoms with Crippen molar-refractivity contribution >= 4 is 11.6 Å². The normalized spacial score (nSPS) is 10.7. The molecule has 2 aromatic heterocycles. The van der Waals surface area contributed by atoms with Crippen molar-refractivity contribution in [2.45, 2.75) is 20.4 Å². The van der Waals surface area contributed by atoms with Crippen LogP contribution >= 0.6 is 0 Å². The molecular weight excluding hydrogens is 310 g/mol. The summed E-state index contributed by atoms with van der Waals surface area (Å²) in [6.07, 6.45) is 3.62. The van der Waals surface area contributed by atoms with Gasteiger partial charge in [0, 0.05) is 37.1 Å². The Morgan fingerprint density at radius 2 is 1.68 bits per heavy atom. The fourth-order valence-electron chi connectivity index (χ4n) is 2.35. The molecular formula is C20H23N5. The van der Waals surface area contributed by atoms with Gasteiger partial charge in [-0.05, 0) is 17.5 Å². The van der Waals surface area contributed by atoms with Crippen LogP contribution < -0.4 is 10.6 Å². The molecule has 0 bridgehead atoms. The molecule has 3 aromatic rings. The zero-order chi connectivity index (χ0) is 17.5. The van der Waals surface area contributed by atoms with E-state index in [1.165, 1.54) is 0 Å². The molecule has 0 fully saturated rings. The lowest BCUT2D eigenvalue weighted by Gasteiger charge is -2.13. The summed E-state index contributed by atoms with van der Waals surface area (Å²) in [5.74, 6) is 2.88. The molecule has 0 unspecified atom stereocenters. The number of benzene rings is 1. The number of hydrogen-bond acceptors (Lipinski definition) is 5. The van der Waals surface area contributed by atoms with E-state index in [4.69, 9.17) is 0 Å². The van der Waals surface area contributed by atoms with Crippen LogP contribution in [0.2, 0.25) is 0 Å². The highest BCUT2D eigenvalue weighted by Gasteiger charge is 2.07. The first-order valence-corrected chi connectivity index (χ1v) is 8.52. The van der Waals surface area contributed by atoms with Gasteiger partial charge in [-0.15, -0.1) is 0 Å². The van der Waals surface area contributed by atoms with Gasteiger partial charge in [0.1, 0.15) is 11.6 Å². The van der Waals surface area contributed by atoms with Crippen LogP contribution in [0.4, 0.5) is 11.6 Å². The summed E-state index contributed by atoms with van der Waals surface area (Å²) < 4.78 is 0. The molecule has 5 heteroatoms. The van der Waals surface area contributed by atoms with E-state index in [2.05, 4.69) is 39.4 Å². The van der Waals surface area contributed by atoms with Crippen molar-refractivity contribution < 1.29 is 0 Å². The van der Waals surface area contributed by atoms with E-state index in [9.17, 15) is 0 Å². The van der Waals surface area contributed by atoms with Crippen molar-refractivity contribution in [3.05, 3.63) is 66.5 Å². The van der Waals surface area contributed by atoms with Gasteiger partial charge in [0.2, 0.25) is 0 Å². The quantitative estimate of drug-likeness (QED) is 0.678. The maximum Gasteiger partial charge on any atom is 0.163 e. The number of aromatic nitrogens is 3. The number of rotatable bonds is 7. The number of anilines is 2. The molecule has 0 saturated carbocycles. The van der Waals surface area contributed by atoms with Crippen LogP contribution in [0.5, 0.6) is 0 Å². The minimum atomic E-state index is 0.543. The summed E-state index contributed by atoms with van der Waals surface area (Å²) in [5.41, 5.74) is 2.11. The molecule has 0 aliphatic carbocycles. The molecule has 5 nitrogen and oxygen atoms in total. The highest BCUT2D eigenvalue weighted by atomic mass is 15.1. The van der Waals surface area contributed by atoms with Gasteiger partial charge in [0.15, 0.2) is 5.82 Å². The summed E-state index contributed by atoms with van der Waals surface area (Å²) in [7, 11) is 0. The van der Waals surface area contributed by atoms with E-state index in [-0.39, 0.29) is 0 Å². The van der Waals surface area contributed by atoms with Crippen LogP contribution in [-0.2, 0) is 6.54 Å². The lowest BCUT2D eigenvalue weighted by Crippen LogP contribution is -2.11. The Bertz CT molecular complexity index is 788. The van der Waals surface area contributed by atoms with Crippen molar-refractivity contribution in [2.75, 3.05) is 17.2 Å². The van der Waals surface area contributed by atoms with Gasteiger partial charge in [-0.2, -0.15) is 0 Å². The maximum atomic E-state index is 4.66. The molecule has 2 N–H and O–H groups in total. The molecule has 0 aliphatic heterocycles. The third kappa shape index (κ3) is 5.01. The summed E-state index contributed by atoms with van der Waals surface area (Å²) in [6.45, 7) is 5.89.